The van der Waals surface area contributed by atoms with Gasteiger partial charge in [-0.2, -0.15) is 0 Å². The average Bonchev–Trinajstić information content (AvgIpc) is 3.58. The third kappa shape index (κ3) is 14.6. The van der Waals surface area contributed by atoms with Crippen molar-refractivity contribution in [2.45, 2.75) is 134 Å². The number of piperidine rings is 1. The van der Waals surface area contributed by atoms with Gasteiger partial charge in [-0.25, -0.2) is 18.2 Å². The highest BCUT2D eigenvalue weighted by Gasteiger charge is 2.44. The van der Waals surface area contributed by atoms with Gasteiger partial charge >= 0.3 is 5.69 Å². The van der Waals surface area contributed by atoms with Crippen LogP contribution in [0.15, 0.2) is 118 Å². The molecule has 2 N–H and O–H groups in total. The van der Waals surface area contributed by atoms with Crippen LogP contribution in [0.3, 0.4) is 0 Å². The number of aliphatic hydroxyl groups excluding tert-OH is 1. The summed E-state index contributed by atoms with van der Waals surface area (Å²) in [6, 6.07) is 28.2. The molecule has 2 aromatic heterocycles. The Balaban J connectivity index is 0.824. The van der Waals surface area contributed by atoms with Crippen LogP contribution in [-0.4, -0.2) is 112 Å². The summed E-state index contributed by atoms with van der Waals surface area (Å²) in [6.07, 6.45) is 4.91. The molecule has 19 heteroatoms. The highest BCUT2D eigenvalue weighted by Crippen LogP contribution is 2.38. The fourth-order valence-corrected chi connectivity index (χ4v) is 13.5. The lowest BCUT2D eigenvalue weighted by molar-refractivity contribution is -0.141. The van der Waals surface area contributed by atoms with E-state index in [2.05, 4.69) is 17.2 Å². The second-order valence-corrected chi connectivity index (χ2v) is 26.4. The van der Waals surface area contributed by atoms with E-state index in [0.29, 0.717) is 85.0 Å². The molecule has 9 rings (SSSR count). The first-order valence-corrected chi connectivity index (χ1v) is 32.0. The van der Waals surface area contributed by atoms with E-state index < -0.39 is 51.0 Å². The molecule has 2 aliphatic rings. The predicted octanol–water partition coefficient (Wildman–Crippen LogP) is 10.8. The highest BCUT2D eigenvalue weighted by atomic mass is 32.2. The Morgan fingerprint density at radius 3 is 2.13 bits per heavy atom. The van der Waals surface area contributed by atoms with Crippen LogP contribution >= 0.6 is 11.3 Å². The number of likely N-dealkylation sites (tertiary alicyclic amines) is 2. The first-order valence-electron chi connectivity index (χ1n) is 29.4. The maximum absolute atomic E-state index is 14.5. The van der Waals surface area contributed by atoms with E-state index in [1.165, 1.54) is 26.2 Å². The molecule has 0 bridgehead atoms. The third-order valence-electron chi connectivity index (χ3n) is 16.2. The highest BCUT2D eigenvalue weighted by molar-refractivity contribution is 7.90. The largest absolute Gasteiger partial charge is 0.493 e. The van der Waals surface area contributed by atoms with Crippen LogP contribution in [-0.2, 0) is 45.7 Å². The Hall–Kier alpha value is -7.61. The molecule has 3 amide bonds. The van der Waals surface area contributed by atoms with Gasteiger partial charge in [0.15, 0.2) is 15.6 Å². The number of ketones is 1. The molecule has 17 nitrogen and oxygen atoms in total. The Morgan fingerprint density at radius 1 is 0.812 bits per heavy atom. The Bertz CT molecular complexity index is 3720. The maximum atomic E-state index is 14.5. The number of aliphatic hydroxyl groups is 1. The molecule has 3 atom stereocenters. The minimum atomic E-state index is -4.11. The summed E-state index contributed by atoms with van der Waals surface area (Å²) in [5, 5.41) is 13.7. The van der Waals surface area contributed by atoms with Gasteiger partial charge in [0.2, 0.25) is 5.91 Å². The number of carbonyl (C=O) groups is 4. The molecule has 2 saturated heterocycles. The van der Waals surface area contributed by atoms with Gasteiger partial charge in [-0.05, 0) is 103 Å². The fraction of sp³-hybridized carbons (Fsp3) is 0.424. The Labute approximate surface area is 501 Å². The summed E-state index contributed by atoms with van der Waals surface area (Å²) < 4.78 is 50.5. The zero-order valence-electron chi connectivity index (χ0n) is 49.9. The number of amides is 3. The maximum Gasteiger partial charge on any atom is 0.328 e. The van der Waals surface area contributed by atoms with E-state index in [4.69, 9.17) is 14.2 Å². The summed E-state index contributed by atoms with van der Waals surface area (Å²) >= 11 is 1.58. The molecule has 4 heterocycles. The number of thiazole rings is 1. The smallest absolute Gasteiger partial charge is 0.328 e. The number of nitrogens with zero attached hydrogens (tertiary/aromatic N) is 5. The van der Waals surface area contributed by atoms with Gasteiger partial charge in [0.05, 0.1) is 63.1 Å². The second kappa shape index (κ2) is 26.8. The van der Waals surface area contributed by atoms with E-state index in [1.807, 2.05) is 76.5 Å². The molecule has 0 spiro atoms. The number of β-amino-alcohol motifs (C(OH)–C–C–N with tert-alkyl or cyclic N) is 1. The molecule has 2 aliphatic heterocycles. The zero-order chi connectivity index (χ0) is 60.7. The summed E-state index contributed by atoms with van der Waals surface area (Å²) in [5.74, 6) is -0.0367. The van der Waals surface area contributed by atoms with Gasteiger partial charge in [-0.15, -0.1) is 11.3 Å². The number of sulfone groups is 1. The molecule has 7 aromatic rings. The van der Waals surface area contributed by atoms with Crippen molar-refractivity contribution in [3.63, 3.8) is 0 Å². The first kappa shape index (κ1) is 61.9. The SMILES string of the molecule is CCCCCOc1cc(OCCC)cc(Oc2cc3c(cc2CS(=O)(=O)c2cccc(C(=O)N4CCC(c5ccc(C(=O)N[C@H](C(=O)N6C[C@H](O)C[C@H]6C(=O)CCc6ccc(-c7scnc7C)cc6)C(C)(C)C)cc5)CC4)c2)n(C)c(=O)n3C)c1. The summed E-state index contributed by atoms with van der Waals surface area (Å²) in [4.78, 5) is 77.9. The fourth-order valence-electron chi connectivity index (χ4n) is 11.3. The Kier molecular flexibility index (Phi) is 19.5. The Morgan fingerprint density at radius 2 is 1.48 bits per heavy atom. The molecule has 0 radical (unpaired) electrons. The van der Waals surface area contributed by atoms with E-state index >= 15 is 0 Å². The monoisotopic (exact) mass is 1190 g/mol. The first-order chi connectivity index (χ1) is 40.6. The summed E-state index contributed by atoms with van der Waals surface area (Å²) in [7, 11) is -0.837. The van der Waals surface area contributed by atoms with Gasteiger partial charge in [-0.1, -0.05) is 89.9 Å². The van der Waals surface area contributed by atoms with Crippen molar-refractivity contribution in [1.82, 2.24) is 29.2 Å². The molecule has 5 aromatic carbocycles. The van der Waals surface area contributed by atoms with Crippen LogP contribution in [0, 0.1) is 12.3 Å². The van der Waals surface area contributed by atoms with Crippen LogP contribution in [0.25, 0.3) is 21.5 Å². The van der Waals surface area contributed by atoms with Crippen LogP contribution in [0.1, 0.15) is 135 Å². The normalized spacial score (nSPS) is 16.2. The molecule has 0 saturated carbocycles. The summed E-state index contributed by atoms with van der Waals surface area (Å²) in [5.41, 5.74) is 6.78. The number of aryl methyl sites for hydroxylation is 4. The van der Waals surface area contributed by atoms with Gasteiger partial charge in [0.1, 0.15) is 29.0 Å². The number of imidazole rings is 1. The number of nitrogens with one attached hydrogen (secondary N) is 1. The second-order valence-electron chi connectivity index (χ2n) is 23.6. The molecular formula is C66H78N6O11S2. The van der Waals surface area contributed by atoms with E-state index in [0.717, 1.165) is 52.9 Å². The standard InChI is InChI=1S/C66H78N6O11S2/c1-9-11-12-31-82-52-35-51(81-30-10-2)36-53(37-52)83-59-38-56-55(69(7)65(78)70(56)8)33-49(59)40-85(79,80)54-15-13-14-48(32-54)63(76)71-28-26-45(27-29-71)44-21-23-47(24-22-44)62(75)68-61(66(4,5)6)64(77)72-39-50(73)34-57(72)58(74)25-18-43-16-19-46(20-17-43)60-42(3)67-41-84-60/h13-17,19-24,32-33,35-38,41,45,50,57,61,73H,9-12,18,25-31,34,39-40H2,1-8H3,(H,68,75)/t50-,57+,61-/m1/s1. The minimum absolute atomic E-state index is 0.00648. The number of unbranched alkanes of at least 4 members (excludes halogenated alkanes) is 2. The number of fused-ring (bicyclic) bond motifs is 1. The van der Waals surface area contributed by atoms with Crippen molar-refractivity contribution in [2.24, 2.45) is 19.5 Å². The van der Waals surface area contributed by atoms with Crippen molar-refractivity contribution >= 4 is 55.7 Å². The number of benzene rings is 5. The predicted molar refractivity (Wildman–Crippen MR) is 330 cm³/mol. The van der Waals surface area contributed by atoms with Crippen molar-refractivity contribution in [1.29, 1.82) is 0 Å². The van der Waals surface area contributed by atoms with E-state index in [-0.39, 0.29) is 58.9 Å². The molecule has 0 aliphatic carbocycles. The lowest BCUT2D eigenvalue weighted by Gasteiger charge is -2.35. The quantitative estimate of drug-likeness (QED) is 0.0574. The third-order valence-corrected chi connectivity index (χ3v) is 18.8. The lowest BCUT2D eigenvalue weighted by Crippen LogP contribution is -2.56. The van der Waals surface area contributed by atoms with Crippen LogP contribution in [0.5, 0.6) is 23.0 Å². The molecule has 85 heavy (non-hydrogen) atoms. The van der Waals surface area contributed by atoms with Gasteiger partial charge in [-0.3, -0.25) is 28.3 Å². The topological polar surface area (TPSA) is 209 Å². The number of aromatic nitrogens is 3. The van der Waals surface area contributed by atoms with Gasteiger partial charge in [0.25, 0.3) is 11.8 Å². The number of carbonyl (C=O) groups excluding carboxylic acids is 4. The van der Waals surface area contributed by atoms with Gasteiger partial charge in [0, 0.05) is 87.5 Å². The zero-order valence-corrected chi connectivity index (χ0v) is 51.5. The van der Waals surface area contributed by atoms with E-state index in [9.17, 15) is 37.5 Å². The molecular weight excluding hydrogens is 1120 g/mol. The average molecular weight is 1200 g/mol. The minimum Gasteiger partial charge on any atom is -0.493 e. The van der Waals surface area contributed by atoms with Gasteiger partial charge < -0.3 is 34.4 Å². The summed E-state index contributed by atoms with van der Waals surface area (Å²) in [6.45, 7) is 13.5. The van der Waals surface area contributed by atoms with Crippen molar-refractivity contribution < 1.29 is 46.9 Å². The lowest BCUT2D eigenvalue weighted by atomic mass is 9.85. The van der Waals surface area contributed by atoms with Crippen LogP contribution < -0.4 is 25.2 Å². The van der Waals surface area contributed by atoms with Crippen molar-refractivity contribution in [3.8, 4) is 33.4 Å². The number of Topliss-reactive ketones (excluding diaryl/α,β-unsaturated/α-hetero) is 1. The van der Waals surface area contributed by atoms with Crippen LogP contribution in [0.4, 0.5) is 0 Å². The van der Waals surface area contributed by atoms with Crippen molar-refractivity contribution in [3.05, 3.63) is 153 Å². The molecule has 450 valence electrons. The molecule has 2 fully saturated rings. The number of ether oxygens (including phenoxy) is 3. The number of hydrogen-bond acceptors (Lipinski definition) is 13. The van der Waals surface area contributed by atoms with E-state index in [1.54, 1.807) is 84.9 Å². The van der Waals surface area contributed by atoms with Crippen LogP contribution in [0.2, 0.25) is 0 Å². The molecule has 0 unspecified atom stereocenters. The number of rotatable bonds is 23. The number of hydrogen-bond donors (Lipinski definition) is 2. The van der Waals surface area contributed by atoms with Crippen molar-refractivity contribution in [2.75, 3.05) is 32.8 Å².